The van der Waals surface area contributed by atoms with Crippen molar-refractivity contribution in [1.29, 1.82) is 0 Å². The van der Waals surface area contributed by atoms with Crippen LogP contribution in [-0.2, 0) is 17.5 Å². The predicted molar refractivity (Wildman–Crippen MR) is 106 cm³/mol. The van der Waals surface area contributed by atoms with Crippen LogP contribution in [0.15, 0.2) is 42.9 Å². The number of rotatable bonds is 4. The lowest BCUT2D eigenvalue weighted by molar-refractivity contribution is -0.137. The lowest BCUT2D eigenvalue weighted by atomic mass is 9.96. The number of nitrogens with one attached hydrogen (secondary N) is 1. The van der Waals surface area contributed by atoms with Crippen molar-refractivity contribution < 1.29 is 18.0 Å². The molecule has 0 atom stereocenters. The molecule has 4 heterocycles. The number of aromatic nitrogens is 3. The van der Waals surface area contributed by atoms with Crippen molar-refractivity contribution >= 4 is 29.0 Å². The van der Waals surface area contributed by atoms with E-state index in [1.165, 1.54) is 0 Å². The number of hydrogen-bond donors (Lipinski definition) is 1. The van der Waals surface area contributed by atoms with Gasteiger partial charge in [0, 0.05) is 37.6 Å². The molecule has 1 fully saturated rings. The molecule has 0 radical (unpaired) electrons. The summed E-state index contributed by atoms with van der Waals surface area (Å²) in [6.45, 7) is 1.32. The number of amides is 1. The van der Waals surface area contributed by atoms with E-state index in [0.717, 1.165) is 23.6 Å². The summed E-state index contributed by atoms with van der Waals surface area (Å²) >= 11 is 6.03. The van der Waals surface area contributed by atoms with Crippen molar-refractivity contribution in [3.05, 3.63) is 59.1 Å². The highest BCUT2D eigenvalue weighted by molar-refractivity contribution is 6.33. The number of hydrogen-bond acceptors (Lipinski definition) is 4. The minimum atomic E-state index is -4.48. The standard InChI is InChI=1S/C20H19ClF3N5O/c21-16-9-14(20(22,23)24)10-25-18(16)28-7-4-13(5-8-28)19(30)26-11-15-12-29-6-2-1-3-17(29)27-15/h1-3,6,9-10,12-13H,4-5,7-8,11H2,(H,26,30). The highest BCUT2D eigenvalue weighted by atomic mass is 35.5. The van der Waals surface area contributed by atoms with E-state index in [0.29, 0.717) is 38.3 Å². The van der Waals surface area contributed by atoms with Gasteiger partial charge in [-0.1, -0.05) is 17.7 Å². The van der Waals surface area contributed by atoms with Crippen LogP contribution in [0.5, 0.6) is 0 Å². The van der Waals surface area contributed by atoms with Crippen molar-refractivity contribution in [1.82, 2.24) is 19.7 Å². The Morgan fingerprint density at radius 1 is 1.27 bits per heavy atom. The van der Waals surface area contributed by atoms with E-state index in [1.807, 2.05) is 39.9 Å². The molecule has 158 valence electrons. The summed E-state index contributed by atoms with van der Waals surface area (Å²) in [5.41, 5.74) is 0.709. The molecule has 1 aliphatic rings. The van der Waals surface area contributed by atoms with Crippen LogP contribution >= 0.6 is 11.6 Å². The van der Waals surface area contributed by atoms with Crippen LogP contribution in [0.2, 0.25) is 5.02 Å². The van der Waals surface area contributed by atoms with E-state index < -0.39 is 11.7 Å². The summed E-state index contributed by atoms with van der Waals surface area (Å²) in [4.78, 5) is 22.7. The van der Waals surface area contributed by atoms with Crippen LogP contribution in [0, 0.1) is 5.92 Å². The fourth-order valence-corrected chi connectivity index (χ4v) is 3.85. The highest BCUT2D eigenvalue weighted by Gasteiger charge is 2.33. The Kier molecular flexibility index (Phi) is 5.55. The second kappa shape index (κ2) is 8.14. The van der Waals surface area contributed by atoms with Gasteiger partial charge in [-0.25, -0.2) is 9.97 Å². The molecule has 0 spiro atoms. The van der Waals surface area contributed by atoms with Gasteiger partial charge in [0.25, 0.3) is 0 Å². The highest BCUT2D eigenvalue weighted by Crippen LogP contribution is 2.34. The lowest BCUT2D eigenvalue weighted by Crippen LogP contribution is -2.40. The first kappa shape index (κ1) is 20.5. The molecule has 3 aromatic heterocycles. The van der Waals surface area contributed by atoms with Gasteiger partial charge < -0.3 is 14.6 Å². The summed E-state index contributed by atoms with van der Waals surface area (Å²) < 4.78 is 40.2. The third kappa shape index (κ3) is 4.35. The molecular formula is C20H19ClF3N5O. The Morgan fingerprint density at radius 2 is 2.03 bits per heavy atom. The number of imidazole rings is 1. The minimum absolute atomic E-state index is 0.0421. The van der Waals surface area contributed by atoms with E-state index in [2.05, 4.69) is 15.3 Å². The van der Waals surface area contributed by atoms with Crippen molar-refractivity contribution in [3.8, 4) is 0 Å². The number of fused-ring (bicyclic) bond motifs is 1. The number of carbonyl (C=O) groups is 1. The predicted octanol–water partition coefficient (Wildman–Crippen LogP) is 3.93. The molecule has 3 aromatic rings. The lowest BCUT2D eigenvalue weighted by Gasteiger charge is -2.32. The summed E-state index contributed by atoms with van der Waals surface area (Å²) in [7, 11) is 0. The Balaban J connectivity index is 1.32. The zero-order chi connectivity index (χ0) is 21.3. The second-order valence-electron chi connectivity index (χ2n) is 7.20. The first-order chi connectivity index (χ1) is 14.3. The molecule has 0 aromatic carbocycles. The fourth-order valence-electron chi connectivity index (χ4n) is 3.57. The van der Waals surface area contributed by atoms with E-state index in [9.17, 15) is 18.0 Å². The molecule has 0 unspecified atom stereocenters. The molecule has 1 amide bonds. The molecule has 1 saturated heterocycles. The molecule has 1 aliphatic heterocycles. The van der Waals surface area contributed by atoms with Gasteiger partial charge in [-0.15, -0.1) is 0 Å². The maximum atomic E-state index is 12.8. The topological polar surface area (TPSA) is 62.5 Å². The van der Waals surface area contributed by atoms with Gasteiger partial charge in [-0.05, 0) is 31.0 Å². The zero-order valence-corrected chi connectivity index (χ0v) is 16.6. The molecule has 6 nitrogen and oxygen atoms in total. The Bertz CT molecular complexity index is 1030. The molecule has 0 saturated carbocycles. The van der Waals surface area contributed by atoms with E-state index >= 15 is 0 Å². The number of nitrogens with zero attached hydrogens (tertiary/aromatic N) is 4. The number of piperidine rings is 1. The number of halogens is 4. The van der Waals surface area contributed by atoms with Crippen LogP contribution in [0.3, 0.4) is 0 Å². The average molecular weight is 438 g/mol. The summed E-state index contributed by atoms with van der Waals surface area (Å²) in [5, 5.41) is 2.88. The Labute approximate surface area is 175 Å². The van der Waals surface area contributed by atoms with Crippen molar-refractivity contribution in [3.63, 3.8) is 0 Å². The molecule has 1 N–H and O–H groups in total. The Morgan fingerprint density at radius 3 is 2.70 bits per heavy atom. The molecule has 0 bridgehead atoms. The van der Waals surface area contributed by atoms with Crippen molar-refractivity contribution in [2.75, 3.05) is 18.0 Å². The van der Waals surface area contributed by atoms with Crippen LogP contribution < -0.4 is 10.2 Å². The summed E-state index contributed by atoms with van der Waals surface area (Å²) in [5.74, 6) is 0.0814. The van der Waals surface area contributed by atoms with Crippen LogP contribution in [0.4, 0.5) is 19.0 Å². The van der Waals surface area contributed by atoms with Crippen LogP contribution in [0.25, 0.3) is 5.65 Å². The van der Waals surface area contributed by atoms with Gasteiger partial charge in [-0.2, -0.15) is 13.2 Å². The van der Waals surface area contributed by atoms with E-state index in [4.69, 9.17) is 11.6 Å². The normalized spacial score (nSPS) is 15.5. The van der Waals surface area contributed by atoms with E-state index in [-0.39, 0.29) is 16.8 Å². The third-order valence-corrected chi connectivity index (χ3v) is 5.45. The maximum absolute atomic E-state index is 12.8. The first-order valence-electron chi connectivity index (χ1n) is 9.49. The van der Waals surface area contributed by atoms with Crippen LogP contribution in [0.1, 0.15) is 24.1 Å². The zero-order valence-electron chi connectivity index (χ0n) is 15.9. The van der Waals surface area contributed by atoms with Crippen molar-refractivity contribution in [2.45, 2.75) is 25.6 Å². The minimum Gasteiger partial charge on any atom is -0.355 e. The Hall–Kier alpha value is -2.81. The molecule has 30 heavy (non-hydrogen) atoms. The number of carbonyl (C=O) groups excluding carboxylic acids is 1. The van der Waals surface area contributed by atoms with Gasteiger partial charge in [0.1, 0.15) is 11.5 Å². The van der Waals surface area contributed by atoms with Gasteiger partial charge in [0.15, 0.2) is 0 Å². The summed E-state index contributed by atoms with van der Waals surface area (Å²) in [6.07, 6.45) is 1.20. The van der Waals surface area contributed by atoms with Gasteiger partial charge >= 0.3 is 6.18 Å². The van der Waals surface area contributed by atoms with Gasteiger partial charge in [0.05, 0.1) is 22.8 Å². The molecule has 0 aliphatic carbocycles. The van der Waals surface area contributed by atoms with E-state index in [1.54, 1.807) is 0 Å². The average Bonchev–Trinajstić information content (AvgIpc) is 3.14. The quantitative estimate of drug-likeness (QED) is 0.671. The van der Waals surface area contributed by atoms with Gasteiger partial charge in [-0.3, -0.25) is 4.79 Å². The number of pyridine rings is 2. The first-order valence-corrected chi connectivity index (χ1v) is 9.87. The monoisotopic (exact) mass is 437 g/mol. The molecule has 10 heteroatoms. The largest absolute Gasteiger partial charge is 0.417 e. The van der Waals surface area contributed by atoms with Crippen LogP contribution in [-0.4, -0.2) is 33.4 Å². The maximum Gasteiger partial charge on any atom is 0.417 e. The molecule has 4 rings (SSSR count). The summed E-state index contributed by atoms with van der Waals surface area (Å²) in [6, 6.07) is 6.58. The number of alkyl halides is 3. The second-order valence-corrected chi connectivity index (χ2v) is 7.61. The number of anilines is 1. The third-order valence-electron chi connectivity index (χ3n) is 5.17. The molecular weight excluding hydrogens is 419 g/mol. The van der Waals surface area contributed by atoms with Gasteiger partial charge in [0.2, 0.25) is 5.91 Å². The fraction of sp³-hybridized carbons (Fsp3) is 0.350. The smallest absolute Gasteiger partial charge is 0.355 e. The SMILES string of the molecule is O=C(NCc1cn2ccccc2n1)C1CCN(c2ncc(C(F)(F)F)cc2Cl)CC1. The van der Waals surface area contributed by atoms with Crippen molar-refractivity contribution in [2.24, 2.45) is 5.92 Å².